The maximum absolute atomic E-state index is 13.2. The molecule has 0 saturated heterocycles. The molecule has 0 saturated carbocycles. The van der Waals surface area contributed by atoms with Gasteiger partial charge in [0.15, 0.2) is 0 Å². The van der Waals surface area contributed by atoms with E-state index in [2.05, 4.69) is 10.3 Å². The third-order valence-corrected chi connectivity index (χ3v) is 4.63. The van der Waals surface area contributed by atoms with E-state index < -0.39 is 28.5 Å². The summed E-state index contributed by atoms with van der Waals surface area (Å²) in [6, 6.07) is 8.99. The Bertz CT molecular complexity index is 877. The molecule has 0 aliphatic carbocycles. The van der Waals surface area contributed by atoms with E-state index in [1.54, 1.807) is 30.3 Å². The van der Waals surface area contributed by atoms with E-state index in [0.717, 1.165) is 17.8 Å². The number of rotatable bonds is 5. The molecule has 2 aromatic rings. The number of alkyl halides is 3. The summed E-state index contributed by atoms with van der Waals surface area (Å²) in [7, 11) is 1.52. The molecule has 1 atom stereocenters. The van der Waals surface area contributed by atoms with Crippen molar-refractivity contribution in [3.63, 3.8) is 0 Å². The van der Waals surface area contributed by atoms with Crippen LogP contribution in [-0.2, 0) is 11.0 Å². The summed E-state index contributed by atoms with van der Waals surface area (Å²) < 4.78 is 44.5. The summed E-state index contributed by atoms with van der Waals surface area (Å²) in [6.45, 7) is 2.94. The summed E-state index contributed by atoms with van der Waals surface area (Å²) in [5.74, 6) is 0.198. The molecule has 1 aromatic carbocycles. The highest BCUT2D eigenvalue weighted by molar-refractivity contribution is 8.00. The number of nitrogens with zero attached hydrogens (tertiary/aromatic N) is 2. The molecular formula is C18H16F3N3O2S. The lowest BCUT2D eigenvalue weighted by Gasteiger charge is -2.16. The zero-order chi connectivity index (χ0) is 20.2. The van der Waals surface area contributed by atoms with Crippen LogP contribution in [0.15, 0.2) is 35.4 Å². The number of aromatic nitrogens is 1. The number of nitrogens with one attached hydrogen (secondary N) is 1. The average Bonchev–Trinajstić information content (AvgIpc) is 2.61. The van der Waals surface area contributed by atoms with Crippen LogP contribution in [0.4, 0.5) is 18.9 Å². The van der Waals surface area contributed by atoms with E-state index in [4.69, 9.17) is 4.74 Å². The second-order valence-electron chi connectivity index (χ2n) is 5.58. The number of methoxy groups -OCH3 is 1. The van der Waals surface area contributed by atoms with Crippen LogP contribution in [0.3, 0.4) is 0 Å². The van der Waals surface area contributed by atoms with Gasteiger partial charge in [-0.3, -0.25) is 4.79 Å². The standard InChI is InChI=1S/C18H16F3N3O2S/c1-10-8-15(18(19,20)21)14(9-22)17(23-10)27-11(2)16(25)24-12-4-6-13(26-3)7-5-12/h4-8,11H,1-3H3,(H,24,25). The highest BCUT2D eigenvalue weighted by atomic mass is 32.2. The Hall–Kier alpha value is -2.73. The van der Waals surface area contributed by atoms with Crippen LogP contribution in [0.1, 0.15) is 23.7 Å². The maximum Gasteiger partial charge on any atom is 0.417 e. The summed E-state index contributed by atoms with van der Waals surface area (Å²) in [6.07, 6.45) is -4.68. The van der Waals surface area contributed by atoms with Crippen molar-refractivity contribution >= 4 is 23.4 Å². The van der Waals surface area contributed by atoms with Gasteiger partial charge in [0.05, 0.1) is 23.5 Å². The van der Waals surface area contributed by atoms with Crippen LogP contribution in [0.25, 0.3) is 0 Å². The SMILES string of the molecule is COc1ccc(NC(=O)C(C)Sc2nc(C)cc(C(F)(F)F)c2C#N)cc1. The number of hydrogen-bond acceptors (Lipinski definition) is 5. The first kappa shape index (κ1) is 20.6. The van der Waals surface area contributed by atoms with E-state index in [1.807, 2.05) is 0 Å². The second-order valence-corrected chi connectivity index (χ2v) is 6.91. The summed E-state index contributed by atoms with van der Waals surface area (Å²) in [5, 5.41) is 10.9. The Kier molecular flexibility index (Phi) is 6.33. The number of halogens is 3. The van der Waals surface area contributed by atoms with Gasteiger partial charge >= 0.3 is 6.18 Å². The van der Waals surface area contributed by atoms with Crippen molar-refractivity contribution in [2.75, 3.05) is 12.4 Å². The highest BCUT2D eigenvalue weighted by Crippen LogP contribution is 2.37. The highest BCUT2D eigenvalue weighted by Gasteiger charge is 2.36. The molecule has 0 fully saturated rings. The zero-order valence-corrected chi connectivity index (χ0v) is 15.5. The van der Waals surface area contributed by atoms with Gasteiger partial charge in [-0.25, -0.2) is 4.98 Å². The summed E-state index contributed by atoms with van der Waals surface area (Å²) in [5.41, 5.74) is -1.00. The van der Waals surface area contributed by atoms with E-state index in [0.29, 0.717) is 11.4 Å². The molecule has 142 valence electrons. The Morgan fingerprint density at radius 2 is 1.96 bits per heavy atom. The topological polar surface area (TPSA) is 75.0 Å². The lowest BCUT2D eigenvalue weighted by Crippen LogP contribution is -2.23. The van der Waals surface area contributed by atoms with Crippen LogP contribution < -0.4 is 10.1 Å². The first-order valence-electron chi connectivity index (χ1n) is 7.76. The fourth-order valence-electron chi connectivity index (χ4n) is 2.20. The number of ether oxygens (including phenoxy) is 1. The number of carbonyl (C=O) groups excluding carboxylic acids is 1. The monoisotopic (exact) mass is 395 g/mol. The lowest BCUT2D eigenvalue weighted by molar-refractivity contribution is -0.138. The number of hydrogen-bond donors (Lipinski definition) is 1. The smallest absolute Gasteiger partial charge is 0.417 e. The van der Waals surface area contributed by atoms with Crippen molar-refractivity contribution in [1.82, 2.24) is 4.98 Å². The molecule has 2 rings (SSSR count). The molecule has 1 heterocycles. The van der Waals surface area contributed by atoms with Crippen LogP contribution in [0, 0.1) is 18.3 Å². The lowest BCUT2D eigenvalue weighted by atomic mass is 10.1. The number of amides is 1. The van der Waals surface area contributed by atoms with Crippen molar-refractivity contribution < 1.29 is 22.7 Å². The molecule has 5 nitrogen and oxygen atoms in total. The van der Waals surface area contributed by atoms with Gasteiger partial charge in [-0.1, -0.05) is 11.8 Å². The molecular weight excluding hydrogens is 379 g/mol. The fraction of sp³-hybridized carbons (Fsp3) is 0.278. The summed E-state index contributed by atoms with van der Waals surface area (Å²) >= 11 is 0.804. The van der Waals surface area contributed by atoms with E-state index in [9.17, 15) is 23.2 Å². The molecule has 0 aliphatic heterocycles. The Labute approximate surface area is 158 Å². The molecule has 1 unspecified atom stereocenters. The quantitative estimate of drug-likeness (QED) is 0.759. The second kappa shape index (κ2) is 8.31. The third-order valence-electron chi connectivity index (χ3n) is 3.55. The predicted molar refractivity (Wildman–Crippen MR) is 95.6 cm³/mol. The number of pyridine rings is 1. The fourth-order valence-corrected chi connectivity index (χ4v) is 3.17. The third kappa shape index (κ3) is 5.14. The molecule has 1 amide bonds. The van der Waals surface area contributed by atoms with Gasteiger partial charge < -0.3 is 10.1 Å². The number of benzene rings is 1. The number of carbonyl (C=O) groups is 1. The van der Waals surface area contributed by atoms with Crippen molar-refractivity contribution in [3.05, 3.63) is 47.2 Å². The molecule has 0 aliphatic rings. The van der Waals surface area contributed by atoms with Gasteiger partial charge in [0.1, 0.15) is 16.8 Å². The van der Waals surface area contributed by atoms with E-state index in [1.165, 1.54) is 21.0 Å². The van der Waals surface area contributed by atoms with Crippen molar-refractivity contribution in [1.29, 1.82) is 5.26 Å². The number of thioether (sulfide) groups is 1. The molecule has 1 N–H and O–H groups in total. The van der Waals surface area contributed by atoms with Crippen molar-refractivity contribution in [2.24, 2.45) is 0 Å². The van der Waals surface area contributed by atoms with Gasteiger partial charge in [0, 0.05) is 11.4 Å². The van der Waals surface area contributed by atoms with Gasteiger partial charge in [0.25, 0.3) is 0 Å². The van der Waals surface area contributed by atoms with Gasteiger partial charge in [0.2, 0.25) is 5.91 Å². The molecule has 0 bridgehead atoms. The van der Waals surface area contributed by atoms with E-state index in [-0.39, 0.29) is 10.7 Å². The molecule has 9 heteroatoms. The maximum atomic E-state index is 13.2. The summed E-state index contributed by atoms with van der Waals surface area (Å²) in [4.78, 5) is 16.4. The zero-order valence-electron chi connectivity index (χ0n) is 14.7. The first-order valence-corrected chi connectivity index (χ1v) is 8.64. The molecule has 1 aromatic heterocycles. The van der Waals surface area contributed by atoms with Crippen molar-refractivity contribution in [2.45, 2.75) is 30.3 Å². The largest absolute Gasteiger partial charge is 0.497 e. The van der Waals surface area contributed by atoms with E-state index >= 15 is 0 Å². The Balaban J connectivity index is 2.21. The van der Waals surface area contributed by atoms with Crippen LogP contribution in [-0.4, -0.2) is 23.3 Å². The van der Waals surface area contributed by atoms with Gasteiger partial charge in [-0.15, -0.1) is 0 Å². The average molecular weight is 395 g/mol. The van der Waals surface area contributed by atoms with Gasteiger partial charge in [-0.2, -0.15) is 18.4 Å². The Morgan fingerprint density at radius 1 is 1.33 bits per heavy atom. The molecule has 0 spiro atoms. The van der Waals surface area contributed by atoms with Crippen LogP contribution in [0.2, 0.25) is 0 Å². The van der Waals surface area contributed by atoms with Crippen LogP contribution >= 0.6 is 11.8 Å². The number of nitriles is 1. The molecule has 27 heavy (non-hydrogen) atoms. The normalized spacial score (nSPS) is 12.2. The number of aryl methyl sites for hydroxylation is 1. The minimum Gasteiger partial charge on any atom is -0.497 e. The predicted octanol–water partition coefficient (Wildman–Crippen LogP) is 4.41. The van der Waals surface area contributed by atoms with Crippen molar-refractivity contribution in [3.8, 4) is 11.8 Å². The Morgan fingerprint density at radius 3 is 2.48 bits per heavy atom. The first-order chi connectivity index (χ1) is 12.7. The number of anilines is 1. The molecule has 0 radical (unpaired) electrons. The minimum atomic E-state index is -4.68. The minimum absolute atomic E-state index is 0.117. The van der Waals surface area contributed by atoms with Gasteiger partial charge in [-0.05, 0) is 44.2 Å². The van der Waals surface area contributed by atoms with Crippen LogP contribution in [0.5, 0.6) is 5.75 Å².